The van der Waals surface area contributed by atoms with Crippen LogP contribution >= 0.6 is 0 Å². The molecule has 0 aliphatic carbocycles. The molecule has 3 atom stereocenters. The Kier molecular flexibility index (Phi) is 4.68. The van der Waals surface area contributed by atoms with E-state index < -0.39 is 11.4 Å². The number of nitrogens with zero attached hydrogens (tertiary/aromatic N) is 1. The average Bonchev–Trinajstić information content (AvgIpc) is 2.46. The second-order valence-corrected chi connectivity index (χ2v) is 6.53. The van der Waals surface area contributed by atoms with Crippen molar-refractivity contribution in [1.82, 2.24) is 10.2 Å². The van der Waals surface area contributed by atoms with Crippen molar-refractivity contribution in [3.8, 4) is 0 Å². The third kappa shape index (κ3) is 3.14. The van der Waals surface area contributed by atoms with Crippen LogP contribution in [0.25, 0.3) is 0 Å². The van der Waals surface area contributed by atoms with E-state index in [1.807, 2.05) is 0 Å². The number of hydrogen-bond acceptors (Lipinski definition) is 3. The van der Waals surface area contributed by atoms with Crippen molar-refractivity contribution in [3.63, 3.8) is 0 Å². The Labute approximate surface area is 120 Å². The maximum absolute atomic E-state index is 12.6. The molecule has 0 bridgehead atoms. The van der Waals surface area contributed by atoms with Gasteiger partial charge in [0.05, 0.1) is 11.5 Å². The number of aliphatic carboxylic acids is 1. The normalized spacial score (nSPS) is 34.8. The molecule has 0 aromatic heterocycles. The summed E-state index contributed by atoms with van der Waals surface area (Å²) < 4.78 is 0. The molecule has 0 spiro atoms. The molecule has 3 unspecified atom stereocenters. The zero-order valence-electron chi connectivity index (χ0n) is 12.5. The lowest BCUT2D eigenvalue weighted by atomic mass is 9.81. The quantitative estimate of drug-likeness (QED) is 0.822. The van der Waals surface area contributed by atoms with E-state index in [9.17, 15) is 14.7 Å². The van der Waals surface area contributed by atoms with Crippen LogP contribution in [0.3, 0.4) is 0 Å². The second kappa shape index (κ2) is 6.12. The molecule has 2 heterocycles. The molecule has 5 heteroatoms. The van der Waals surface area contributed by atoms with Gasteiger partial charge in [0, 0.05) is 13.1 Å². The van der Waals surface area contributed by atoms with Gasteiger partial charge in [0.25, 0.3) is 0 Å². The zero-order valence-corrected chi connectivity index (χ0v) is 12.5. The van der Waals surface area contributed by atoms with Gasteiger partial charge in [-0.25, -0.2) is 0 Å². The van der Waals surface area contributed by atoms with E-state index in [0.717, 1.165) is 32.2 Å². The fourth-order valence-corrected chi connectivity index (χ4v) is 3.38. The monoisotopic (exact) mass is 282 g/mol. The largest absolute Gasteiger partial charge is 0.481 e. The van der Waals surface area contributed by atoms with E-state index in [2.05, 4.69) is 12.2 Å². The molecule has 2 rings (SSSR count). The number of nitrogens with one attached hydrogen (secondary N) is 1. The van der Waals surface area contributed by atoms with E-state index in [0.29, 0.717) is 25.4 Å². The van der Waals surface area contributed by atoms with Gasteiger partial charge in [-0.3, -0.25) is 9.59 Å². The molecule has 5 nitrogen and oxygen atoms in total. The minimum absolute atomic E-state index is 0.0929. The Hall–Kier alpha value is -1.10. The molecule has 114 valence electrons. The first-order chi connectivity index (χ1) is 9.46. The minimum Gasteiger partial charge on any atom is -0.481 e. The maximum Gasteiger partial charge on any atom is 0.311 e. The summed E-state index contributed by atoms with van der Waals surface area (Å²) in [6, 6.07) is -0.121. The van der Waals surface area contributed by atoms with Gasteiger partial charge in [-0.2, -0.15) is 0 Å². The number of carboxylic acids is 1. The van der Waals surface area contributed by atoms with Gasteiger partial charge in [0.15, 0.2) is 0 Å². The number of amides is 1. The van der Waals surface area contributed by atoms with Gasteiger partial charge in [-0.15, -0.1) is 0 Å². The van der Waals surface area contributed by atoms with Crippen LogP contribution in [0.2, 0.25) is 0 Å². The first kappa shape index (κ1) is 15.3. The Morgan fingerprint density at radius 3 is 2.85 bits per heavy atom. The number of piperidine rings is 2. The highest BCUT2D eigenvalue weighted by Crippen LogP contribution is 2.31. The molecule has 20 heavy (non-hydrogen) atoms. The number of carbonyl (C=O) groups is 2. The molecular formula is C15H26N2O3. The van der Waals surface area contributed by atoms with Crippen molar-refractivity contribution < 1.29 is 14.7 Å². The molecule has 0 aromatic rings. The number of hydrogen-bond donors (Lipinski definition) is 2. The van der Waals surface area contributed by atoms with Gasteiger partial charge in [0.1, 0.15) is 0 Å². The number of likely N-dealkylation sites (tertiary alicyclic amines) is 1. The van der Waals surface area contributed by atoms with Crippen molar-refractivity contribution >= 4 is 11.9 Å². The first-order valence-electron chi connectivity index (χ1n) is 7.72. The van der Waals surface area contributed by atoms with E-state index in [1.165, 1.54) is 0 Å². The molecule has 2 saturated heterocycles. The van der Waals surface area contributed by atoms with Gasteiger partial charge >= 0.3 is 5.97 Å². The molecule has 1 amide bonds. The third-order valence-corrected chi connectivity index (χ3v) is 4.91. The lowest BCUT2D eigenvalue weighted by molar-refractivity contribution is -0.154. The number of carboxylic acid groups (broad SMARTS) is 1. The highest BCUT2D eigenvalue weighted by molar-refractivity contribution is 5.83. The number of rotatable bonds is 3. The highest BCUT2D eigenvalue weighted by atomic mass is 16.4. The van der Waals surface area contributed by atoms with Crippen molar-refractivity contribution in [2.45, 2.75) is 52.0 Å². The van der Waals surface area contributed by atoms with Crippen LogP contribution in [0, 0.1) is 11.3 Å². The van der Waals surface area contributed by atoms with Crippen LogP contribution in [-0.4, -0.2) is 47.6 Å². The standard InChI is InChI=1S/C15H26N2O3/c1-3-11-5-7-16-12(9-11)13(18)17-8-4-6-15(2,10-17)14(19)20/h11-12,16H,3-10H2,1-2H3,(H,19,20). The average molecular weight is 282 g/mol. The first-order valence-corrected chi connectivity index (χ1v) is 7.72. The van der Waals surface area contributed by atoms with Crippen LogP contribution in [0.5, 0.6) is 0 Å². The van der Waals surface area contributed by atoms with Crippen LogP contribution < -0.4 is 5.32 Å². The topological polar surface area (TPSA) is 69.6 Å². The van der Waals surface area contributed by atoms with E-state index in [1.54, 1.807) is 11.8 Å². The lowest BCUT2D eigenvalue weighted by Crippen LogP contribution is -2.55. The Balaban J connectivity index is 2.00. The Morgan fingerprint density at radius 2 is 2.20 bits per heavy atom. The maximum atomic E-state index is 12.6. The van der Waals surface area contributed by atoms with Gasteiger partial charge in [-0.1, -0.05) is 13.3 Å². The SMILES string of the molecule is CCC1CCNC(C(=O)N2CCCC(C)(C(=O)O)C2)C1. The predicted octanol–water partition coefficient (Wildman–Crippen LogP) is 1.48. The smallest absolute Gasteiger partial charge is 0.311 e. The summed E-state index contributed by atoms with van der Waals surface area (Å²) in [5.41, 5.74) is -0.785. The van der Waals surface area contributed by atoms with Crippen molar-refractivity contribution in [3.05, 3.63) is 0 Å². The summed E-state index contributed by atoms with van der Waals surface area (Å²) in [5.74, 6) is -0.0887. The summed E-state index contributed by atoms with van der Waals surface area (Å²) in [7, 11) is 0. The predicted molar refractivity (Wildman–Crippen MR) is 76.4 cm³/mol. The second-order valence-electron chi connectivity index (χ2n) is 6.53. The molecule has 2 fully saturated rings. The number of carbonyl (C=O) groups excluding carboxylic acids is 1. The molecular weight excluding hydrogens is 256 g/mol. The fraction of sp³-hybridized carbons (Fsp3) is 0.867. The lowest BCUT2D eigenvalue weighted by Gasteiger charge is -2.40. The van der Waals surface area contributed by atoms with E-state index in [-0.39, 0.29) is 11.9 Å². The van der Waals surface area contributed by atoms with Crippen molar-refractivity contribution in [2.24, 2.45) is 11.3 Å². The van der Waals surface area contributed by atoms with E-state index in [4.69, 9.17) is 0 Å². The van der Waals surface area contributed by atoms with E-state index >= 15 is 0 Å². The van der Waals surface area contributed by atoms with Crippen molar-refractivity contribution in [1.29, 1.82) is 0 Å². The Bertz CT molecular complexity index is 385. The molecule has 2 N–H and O–H groups in total. The third-order valence-electron chi connectivity index (χ3n) is 4.91. The van der Waals surface area contributed by atoms with Gasteiger partial charge in [-0.05, 0) is 45.1 Å². The molecule has 2 aliphatic heterocycles. The Morgan fingerprint density at radius 1 is 1.45 bits per heavy atom. The molecule has 0 saturated carbocycles. The molecule has 0 aromatic carbocycles. The molecule has 0 radical (unpaired) electrons. The summed E-state index contributed by atoms with van der Waals surface area (Å²) >= 11 is 0. The van der Waals surface area contributed by atoms with Gasteiger partial charge < -0.3 is 15.3 Å². The summed E-state index contributed by atoms with van der Waals surface area (Å²) in [6.07, 6.45) is 4.56. The van der Waals surface area contributed by atoms with Gasteiger partial charge in [0.2, 0.25) is 5.91 Å². The summed E-state index contributed by atoms with van der Waals surface area (Å²) in [6.45, 7) is 5.84. The minimum atomic E-state index is -0.793. The van der Waals surface area contributed by atoms with Crippen LogP contribution in [-0.2, 0) is 9.59 Å². The van der Waals surface area contributed by atoms with Crippen LogP contribution in [0.1, 0.15) is 46.0 Å². The summed E-state index contributed by atoms with van der Waals surface area (Å²) in [5, 5.41) is 12.6. The molecule has 2 aliphatic rings. The fourth-order valence-electron chi connectivity index (χ4n) is 3.38. The van der Waals surface area contributed by atoms with Crippen LogP contribution in [0.4, 0.5) is 0 Å². The van der Waals surface area contributed by atoms with Crippen LogP contribution in [0.15, 0.2) is 0 Å². The van der Waals surface area contributed by atoms with Crippen molar-refractivity contribution in [2.75, 3.05) is 19.6 Å². The summed E-state index contributed by atoms with van der Waals surface area (Å²) in [4.78, 5) is 25.7. The zero-order chi connectivity index (χ0) is 14.8. The highest BCUT2D eigenvalue weighted by Gasteiger charge is 2.41.